The lowest BCUT2D eigenvalue weighted by Crippen LogP contribution is -2.14. The van der Waals surface area contributed by atoms with E-state index in [4.69, 9.17) is 4.74 Å². The third-order valence-electron chi connectivity index (χ3n) is 4.56. The molecule has 0 saturated heterocycles. The van der Waals surface area contributed by atoms with Gasteiger partial charge in [0.25, 0.3) is 0 Å². The van der Waals surface area contributed by atoms with Crippen LogP contribution in [-0.2, 0) is 9.53 Å². The van der Waals surface area contributed by atoms with Crippen LogP contribution in [0.3, 0.4) is 0 Å². The van der Waals surface area contributed by atoms with E-state index in [9.17, 15) is 4.79 Å². The largest absolute Gasteiger partial charge is 0.465 e. The summed E-state index contributed by atoms with van der Waals surface area (Å²) in [6, 6.07) is 0. The Hall–Kier alpha value is -0.530. The highest BCUT2D eigenvalue weighted by atomic mass is 16.5. The first-order valence-electron chi connectivity index (χ1n) is 9.33. The van der Waals surface area contributed by atoms with Crippen molar-refractivity contribution in [2.45, 2.75) is 98.3 Å². The molecule has 0 spiro atoms. The number of hydrogen-bond donors (Lipinski definition) is 0. The van der Waals surface area contributed by atoms with Crippen molar-refractivity contribution < 1.29 is 9.53 Å². The average molecular weight is 299 g/mol. The minimum atomic E-state index is 0.00953. The van der Waals surface area contributed by atoms with Crippen LogP contribution in [0.15, 0.2) is 0 Å². The monoisotopic (exact) mass is 298 g/mol. The molecule has 0 radical (unpaired) electrons. The molecule has 0 bridgehead atoms. The highest BCUT2D eigenvalue weighted by molar-refractivity contribution is 5.69. The van der Waals surface area contributed by atoms with E-state index in [1.54, 1.807) is 0 Å². The van der Waals surface area contributed by atoms with E-state index in [0.29, 0.717) is 18.9 Å². The summed E-state index contributed by atoms with van der Waals surface area (Å²) in [5, 5.41) is 0. The molecular weight excluding hydrogens is 260 g/mol. The molecule has 0 aromatic carbocycles. The van der Waals surface area contributed by atoms with Crippen LogP contribution in [0.4, 0.5) is 0 Å². The lowest BCUT2D eigenvalue weighted by molar-refractivity contribution is -0.145. The molecule has 2 unspecified atom stereocenters. The average Bonchev–Trinajstić information content (AvgIpc) is 2.50. The molecule has 0 fully saturated rings. The Labute approximate surface area is 133 Å². The number of ether oxygens (including phenoxy) is 1. The zero-order valence-corrected chi connectivity index (χ0v) is 15.0. The first kappa shape index (κ1) is 20.5. The van der Waals surface area contributed by atoms with Gasteiger partial charge < -0.3 is 4.74 Å². The Balaban J connectivity index is 3.73. The molecule has 0 aliphatic carbocycles. The van der Waals surface area contributed by atoms with E-state index in [0.717, 1.165) is 18.8 Å². The lowest BCUT2D eigenvalue weighted by atomic mass is 9.94. The Morgan fingerprint density at radius 2 is 1.33 bits per heavy atom. The summed E-state index contributed by atoms with van der Waals surface area (Å²) in [5.41, 5.74) is 0. The van der Waals surface area contributed by atoms with Gasteiger partial charge in [0.2, 0.25) is 0 Å². The molecule has 0 aromatic heterocycles. The second-order valence-corrected chi connectivity index (χ2v) is 6.41. The van der Waals surface area contributed by atoms with Gasteiger partial charge in [-0.3, -0.25) is 4.79 Å². The van der Waals surface area contributed by atoms with Crippen molar-refractivity contribution in [2.24, 2.45) is 11.8 Å². The van der Waals surface area contributed by atoms with Crippen LogP contribution in [0.2, 0.25) is 0 Å². The van der Waals surface area contributed by atoms with Crippen LogP contribution >= 0.6 is 0 Å². The topological polar surface area (TPSA) is 26.3 Å². The fourth-order valence-electron chi connectivity index (χ4n) is 2.76. The van der Waals surface area contributed by atoms with E-state index >= 15 is 0 Å². The number of rotatable bonds is 14. The van der Waals surface area contributed by atoms with E-state index in [1.807, 2.05) is 0 Å². The van der Waals surface area contributed by atoms with Gasteiger partial charge in [0.15, 0.2) is 0 Å². The first-order chi connectivity index (χ1) is 10.2. The molecule has 2 heteroatoms. The summed E-state index contributed by atoms with van der Waals surface area (Å²) >= 11 is 0. The van der Waals surface area contributed by atoms with E-state index < -0.39 is 0 Å². The number of carbonyl (C=O) groups is 1. The van der Waals surface area contributed by atoms with Gasteiger partial charge in [-0.15, -0.1) is 0 Å². The van der Waals surface area contributed by atoms with Crippen molar-refractivity contribution in [3.05, 3.63) is 0 Å². The van der Waals surface area contributed by atoms with Gasteiger partial charge in [0.1, 0.15) is 0 Å². The second-order valence-electron chi connectivity index (χ2n) is 6.41. The number of unbranched alkanes of at least 4 members (excludes halogenated alkanes) is 2. The lowest BCUT2D eigenvalue weighted by Gasteiger charge is -2.16. The molecule has 0 aliphatic heterocycles. The molecule has 2 nitrogen and oxygen atoms in total. The Morgan fingerprint density at radius 1 is 0.810 bits per heavy atom. The highest BCUT2D eigenvalue weighted by Gasteiger charge is 2.11. The summed E-state index contributed by atoms with van der Waals surface area (Å²) in [6.45, 7) is 9.53. The van der Waals surface area contributed by atoms with Gasteiger partial charge in [-0.05, 0) is 31.1 Å². The minimum absolute atomic E-state index is 0.00953. The molecule has 0 aromatic rings. The van der Waals surface area contributed by atoms with Crippen molar-refractivity contribution in [1.29, 1.82) is 0 Å². The molecule has 2 atom stereocenters. The minimum Gasteiger partial charge on any atom is -0.465 e. The molecule has 0 aliphatic rings. The number of hydrogen-bond acceptors (Lipinski definition) is 2. The third-order valence-corrected chi connectivity index (χ3v) is 4.56. The van der Waals surface area contributed by atoms with Gasteiger partial charge in [-0.25, -0.2) is 0 Å². The van der Waals surface area contributed by atoms with Crippen LogP contribution in [0.25, 0.3) is 0 Å². The molecule has 0 rings (SSSR count). The zero-order chi connectivity index (χ0) is 15.9. The van der Waals surface area contributed by atoms with Crippen molar-refractivity contribution in [2.75, 3.05) is 6.61 Å². The quantitative estimate of drug-likeness (QED) is 0.360. The molecule has 0 N–H and O–H groups in total. The van der Waals surface area contributed by atoms with Crippen molar-refractivity contribution in [3.63, 3.8) is 0 Å². The number of carbonyl (C=O) groups excluding carboxylic acids is 1. The summed E-state index contributed by atoms with van der Waals surface area (Å²) in [6.07, 6.45) is 12.7. The van der Waals surface area contributed by atoms with Gasteiger partial charge in [0.05, 0.1) is 6.61 Å². The van der Waals surface area contributed by atoms with Gasteiger partial charge in [-0.1, -0.05) is 72.6 Å². The maximum Gasteiger partial charge on any atom is 0.305 e. The summed E-state index contributed by atoms with van der Waals surface area (Å²) in [4.78, 5) is 11.8. The zero-order valence-electron chi connectivity index (χ0n) is 15.0. The van der Waals surface area contributed by atoms with E-state index in [-0.39, 0.29) is 5.97 Å². The highest BCUT2D eigenvalue weighted by Crippen LogP contribution is 2.19. The van der Waals surface area contributed by atoms with Crippen LogP contribution in [0.1, 0.15) is 98.3 Å². The molecule has 126 valence electrons. The first-order valence-corrected chi connectivity index (χ1v) is 9.33. The molecular formula is C19H38O2. The number of esters is 1. The normalized spacial score (nSPS) is 13.9. The predicted octanol–water partition coefficient (Wildman–Crippen LogP) is 6.13. The standard InChI is InChI=1S/C19H38O2/c1-5-9-12-17(7-3)14-11-15-19(20)21-16-18(8-4)13-10-6-2/h17-18H,5-16H2,1-4H3. The Kier molecular flexibility index (Phi) is 14.0. The molecule has 0 heterocycles. The SMILES string of the molecule is CCCCC(CC)CCCC(=O)OCC(CC)CCCC. The fourth-order valence-corrected chi connectivity index (χ4v) is 2.76. The summed E-state index contributed by atoms with van der Waals surface area (Å²) < 4.78 is 5.45. The summed E-state index contributed by atoms with van der Waals surface area (Å²) in [5.74, 6) is 1.36. The fraction of sp³-hybridized carbons (Fsp3) is 0.947. The molecule has 0 amide bonds. The smallest absolute Gasteiger partial charge is 0.305 e. The van der Waals surface area contributed by atoms with Crippen LogP contribution in [0, 0.1) is 11.8 Å². The second kappa shape index (κ2) is 14.4. The van der Waals surface area contributed by atoms with Crippen LogP contribution < -0.4 is 0 Å². The van der Waals surface area contributed by atoms with Crippen molar-refractivity contribution in [1.82, 2.24) is 0 Å². The van der Waals surface area contributed by atoms with Crippen molar-refractivity contribution in [3.8, 4) is 0 Å². The third kappa shape index (κ3) is 11.8. The predicted molar refractivity (Wildman–Crippen MR) is 91.4 cm³/mol. The van der Waals surface area contributed by atoms with E-state index in [2.05, 4.69) is 27.7 Å². The maximum absolute atomic E-state index is 11.8. The van der Waals surface area contributed by atoms with Gasteiger partial charge in [0, 0.05) is 6.42 Å². The molecule has 0 saturated carbocycles. The Bertz CT molecular complexity index is 238. The van der Waals surface area contributed by atoms with Crippen molar-refractivity contribution >= 4 is 5.97 Å². The van der Waals surface area contributed by atoms with Crippen LogP contribution in [0.5, 0.6) is 0 Å². The summed E-state index contributed by atoms with van der Waals surface area (Å²) in [7, 11) is 0. The van der Waals surface area contributed by atoms with Gasteiger partial charge in [-0.2, -0.15) is 0 Å². The molecule has 21 heavy (non-hydrogen) atoms. The van der Waals surface area contributed by atoms with Crippen LogP contribution in [-0.4, -0.2) is 12.6 Å². The Morgan fingerprint density at radius 3 is 1.86 bits per heavy atom. The van der Waals surface area contributed by atoms with E-state index in [1.165, 1.54) is 51.4 Å². The maximum atomic E-state index is 11.8. The van der Waals surface area contributed by atoms with Gasteiger partial charge >= 0.3 is 5.97 Å².